The molecule has 9 heteroatoms. The molecular weight excluding hydrogens is 489 g/mol. The third kappa shape index (κ3) is 3.97. The van der Waals surface area contributed by atoms with Crippen LogP contribution in [0.1, 0.15) is 32.8 Å². The molecule has 3 aromatic rings. The van der Waals surface area contributed by atoms with Crippen molar-refractivity contribution < 1.29 is 13.5 Å². The number of pyridine rings is 1. The van der Waals surface area contributed by atoms with Gasteiger partial charge in [0.15, 0.2) is 0 Å². The Balaban J connectivity index is 1.90. The quantitative estimate of drug-likeness (QED) is 0.489. The van der Waals surface area contributed by atoms with Gasteiger partial charge in [-0.3, -0.25) is 0 Å². The molecule has 2 atom stereocenters. The molecule has 2 N–H and O–H groups in total. The van der Waals surface area contributed by atoms with Gasteiger partial charge in [0.05, 0.1) is 0 Å². The molecule has 2 heterocycles. The fourth-order valence-electron chi connectivity index (χ4n) is 3.98. The van der Waals surface area contributed by atoms with E-state index in [9.17, 15) is 18.3 Å². The summed E-state index contributed by atoms with van der Waals surface area (Å²) in [4.78, 5) is 13.7. The third-order valence-electron chi connectivity index (χ3n) is 5.90. The number of para-hydroxylation sites is 2. The van der Waals surface area contributed by atoms with Crippen LogP contribution >= 0.6 is 0 Å². The van der Waals surface area contributed by atoms with Crippen LogP contribution in [0.25, 0.3) is 10.9 Å². The Bertz CT molecular complexity index is 1380. The molecule has 1 aromatic heterocycles. The van der Waals surface area contributed by atoms with Gasteiger partial charge in [-0.15, -0.1) is 0 Å². The first-order valence-electron chi connectivity index (χ1n) is 10.6. The zero-order valence-corrected chi connectivity index (χ0v) is 21.1. The Morgan fingerprint density at radius 3 is 2.53 bits per heavy atom. The predicted molar refractivity (Wildman–Crippen MR) is 130 cm³/mol. The van der Waals surface area contributed by atoms with E-state index in [0.717, 1.165) is 11.6 Å². The summed E-state index contributed by atoms with van der Waals surface area (Å²) in [6, 6.07) is 13.6. The molecule has 32 heavy (non-hydrogen) atoms. The van der Waals surface area contributed by atoms with Crippen molar-refractivity contribution in [2.45, 2.75) is 37.3 Å². The molecule has 1 aliphatic rings. The number of benzene rings is 2. The number of amidine groups is 1. The second-order valence-electron chi connectivity index (χ2n) is 8.19. The molecule has 0 amide bonds. The summed E-state index contributed by atoms with van der Waals surface area (Å²) in [6.45, 7) is 6.53. The first-order chi connectivity index (χ1) is 15.2. The van der Waals surface area contributed by atoms with Gasteiger partial charge in [-0.25, -0.2) is 0 Å². The first-order valence-corrected chi connectivity index (χ1v) is 14.4. The Morgan fingerprint density at radius 1 is 1.12 bits per heavy atom. The first kappa shape index (κ1) is 22.6. The second kappa shape index (κ2) is 8.75. The molecule has 0 spiro atoms. The van der Waals surface area contributed by atoms with Crippen molar-refractivity contribution in [2.75, 3.05) is 5.32 Å². The number of hydrogen-bond donors (Lipinski definition) is 2. The van der Waals surface area contributed by atoms with E-state index in [-0.39, 0.29) is 22.0 Å². The standard InChI is InChI=1S/C23H26AsN3O4S/c1-4-15(14(2)3)13-24-27-18-11-7-5-9-16(18)21(28)20(23(27)29)22-25-17-10-6-8-12-19(17)32(30,31)26-22/h5-12,14-15,24,28H,4,13H2,1-3H3,(H,25,26)/t15-/m0/s1. The molecule has 168 valence electrons. The predicted octanol–water partition coefficient (Wildman–Crippen LogP) is 3.57. The Kier molecular flexibility index (Phi) is 6.19. The number of rotatable bonds is 6. The number of anilines is 1. The van der Waals surface area contributed by atoms with Crippen LogP contribution in [0.15, 0.2) is 62.6 Å². The molecule has 2 aromatic carbocycles. The summed E-state index contributed by atoms with van der Waals surface area (Å²) < 4.78 is 31.1. The minimum absolute atomic E-state index is 0.0421. The molecule has 0 radical (unpaired) electrons. The molecule has 0 saturated carbocycles. The fourth-order valence-corrected chi connectivity index (χ4v) is 8.87. The van der Waals surface area contributed by atoms with E-state index in [2.05, 4.69) is 30.5 Å². The van der Waals surface area contributed by atoms with Gasteiger partial charge in [0, 0.05) is 0 Å². The number of hydrogen-bond acceptors (Lipinski definition) is 5. The maximum atomic E-state index is 13.6. The normalized spacial score (nSPS) is 16.2. The van der Waals surface area contributed by atoms with Crippen LogP contribution in [0.3, 0.4) is 0 Å². The van der Waals surface area contributed by atoms with Crippen LogP contribution in [0.4, 0.5) is 5.69 Å². The van der Waals surface area contributed by atoms with Crippen molar-refractivity contribution >= 4 is 48.4 Å². The Hall–Kier alpha value is -2.57. The number of nitrogens with zero attached hydrogens (tertiary/aromatic N) is 2. The van der Waals surface area contributed by atoms with E-state index in [4.69, 9.17) is 0 Å². The molecular formula is C23H26AsN3O4S. The van der Waals surface area contributed by atoms with Crippen LogP contribution in [-0.2, 0) is 10.0 Å². The zero-order chi connectivity index (χ0) is 23.0. The summed E-state index contributed by atoms with van der Waals surface area (Å²) >= 11 is -0.910. The van der Waals surface area contributed by atoms with Crippen molar-refractivity contribution in [1.82, 2.24) is 3.48 Å². The van der Waals surface area contributed by atoms with E-state index in [1.807, 2.05) is 12.1 Å². The van der Waals surface area contributed by atoms with Gasteiger partial charge in [0.1, 0.15) is 0 Å². The average molecular weight is 515 g/mol. The van der Waals surface area contributed by atoms with Crippen molar-refractivity contribution in [3.05, 3.63) is 64.4 Å². The average Bonchev–Trinajstić information content (AvgIpc) is 2.75. The van der Waals surface area contributed by atoms with Crippen LogP contribution in [0, 0.1) is 11.8 Å². The maximum absolute atomic E-state index is 13.6. The minimum atomic E-state index is -4.00. The molecule has 1 unspecified atom stereocenters. The molecule has 0 aliphatic carbocycles. The number of sulfonamides is 1. The second-order valence-corrected chi connectivity index (χ2v) is 12.2. The monoisotopic (exact) mass is 515 g/mol. The summed E-state index contributed by atoms with van der Waals surface area (Å²) in [5, 5.41) is 15.4. The van der Waals surface area contributed by atoms with Crippen molar-refractivity contribution in [1.29, 1.82) is 0 Å². The molecule has 7 nitrogen and oxygen atoms in total. The third-order valence-corrected chi connectivity index (χ3v) is 10.3. The van der Waals surface area contributed by atoms with Gasteiger partial charge in [0.2, 0.25) is 0 Å². The van der Waals surface area contributed by atoms with E-state index >= 15 is 0 Å². The van der Waals surface area contributed by atoms with Gasteiger partial charge in [-0.1, -0.05) is 0 Å². The van der Waals surface area contributed by atoms with Gasteiger partial charge < -0.3 is 0 Å². The molecule has 0 bridgehead atoms. The van der Waals surface area contributed by atoms with Crippen LogP contribution in [0.5, 0.6) is 5.75 Å². The zero-order valence-electron chi connectivity index (χ0n) is 18.2. The van der Waals surface area contributed by atoms with Gasteiger partial charge in [-0.05, 0) is 0 Å². The van der Waals surface area contributed by atoms with Crippen molar-refractivity contribution in [2.24, 2.45) is 16.2 Å². The Labute approximate surface area is 194 Å². The fraction of sp³-hybridized carbons (Fsp3) is 0.304. The van der Waals surface area contributed by atoms with E-state index in [1.54, 1.807) is 33.8 Å². The van der Waals surface area contributed by atoms with E-state index in [0.29, 0.717) is 28.4 Å². The summed E-state index contributed by atoms with van der Waals surface area (Å²) in [6.07, 6.45) is 1.03. The summed E-state index contributed by atoms with van der Waals surface area (Å²) in [7, 11) is -4.00. The van der Waals surface area contributed by atoms with Crippen molar-refractivity contribution in [3.8, 4) is 5.75 Å². The van der Waals surface area contributed by atoms with Crippen LogP contribution in [-0.4, -0.2) is 38.8 Å². The number of fused-ring (bicyclic) bond motifs is 2. The summed E-state index contributed by atoms with van der Waals surface area (Å²) in [5.74, 6) is 0.599. The SMILES string of the molecule is CC[C@@H](C[AsH]n1c(=O)c(C2=NS(=O)(=O)c3ccccc3N2)c(O)c2ccccc21)C(C)C. The van der Waals surface area contributed by atoms with Gasteiger partial charge in [0.25, 0.3) is 0 Å². The number of nitrogens with one attached hydrogen (secondary N) is 1. The van der Waals surface area contributed by atoms with E-state index in [1.165, 1.54) is 6.07 Å². The molecule has 1 aliphatic heterocycles. The van der Waals surface area contributed by atoms with Crippen LogP contribution < -0.4 is 10.9 Å². The number of aromatic hydroxyl groups is 1. The Morgan fingerprint density at radius 2 is 1.81 bits per heavy atom. The van der Waals surface area contributed by atoms with E-state index < -0.39 is 31.6 Å². The summed E-state index contributed by atoms with van der Waals surface area (Å²) in [5.41, 5.74) is 0.471. The van der Waals surface area contributed by atoms with Crippen LogP contribution in [0.2, 0.25) is 5.21 Å². The number of aromatic nitrogens is 1. The van der Waals surface area contributed by atoms with Gasteiger partial charge in [-0.2, -0.15) is 0 Å². The van der Waals surface area contributed by atoms with Crippen molar-refractivity contribution in [3.63, 3.8) is 0 Å². The molecule has 0 fully saturated rings. The van der Waals surface area contributed by atoms with Gasteiger partial charge >= 0.3 is 194 Å². The molecule has 0 saturated heterocycles. The molecule has 4 rings (SSSR count). The topological polar surface area (TPSA) is 101 Å².